The van der Waals surface area contributed by atoms with Crippen molar-refractivity contribution in [1.29, 1.82) is 0 Å². The van der Waals surface area contributed by atoms with Crippen LogP contribution in [0, 0.1) is 0 Å². The van der Waals surface area contributed by atoms with E-state index in [-0.39, 0.29) is 5.91 Å². The molecule has 1 aliphatic rings. The van der Waals surface area contributed by atoms with Crippen LogP contribution >= 0.6 is 15.9 Å². The van der Waals surface area contributed by atoms with Crippen LogP contribution in [-0.4, -0.2) is 41.5 Å². The lowest BCUT2D eigenvalue weighted by molar-refractivity contribution is 0.0906. The van der Waals surface area contributed by atoms with Crippen LogP contribution in [0.25, 0.3) is 0 Å². The van der Waals surface area contributed by atoms with Crippen molar-refractivity contribution in [1.82, 2.24) is 15.2 Å². The van der Waals surface area contributed by atoms with E-state index >= 15 is 0 Å². The van der Waals surface area contributed by atoms with Crippen LogP contribution in [-0.2, 0) is 0 Å². The Labute approximate surface area is 116 Å². The summed E-state index contributed by atoms with van der Waals surface area (Å²) < 4.78 is 0.908. The number of likely N-dealkylation sites (tertiary alicyclic amines) is 1. The first kappa shape index (κ1) is 13.6. The minimum Gasteiger partial charge on any atom is -0.356 e. The molecule has 0 atom stereocenters. The summed E-state index contributed by atoms with van der Waals surface area (Å²) in [6, 6.07) is 2.12. The number of amides is 1. The first-order valence-electron chi connectivity index (χ1n) is 6.56. The highest BCUT2D eigenvalue weighted by Gasteiger charge is 2.20. The Morgan fingerprint density at radius 1 is 1.56 bits per heavy atom. The molecule has 1 saturated heterocycles. The van der Waals surface area contributed by atoms with Gasteiger partial charge in [-0.15, -0.1) is 0 Å². The van der Waals surface area contributed by atoms with Gasteiger partial charge >= 0.3 is 0 Å². The van der Waals surface area contributed by atoms with Gasteiger partial charge in [0.15, 0.2) is 0 Å². The fourth-order valence-electron chi connectivity index (χ4n) is 2.38. The third kappa shape index (κ3) is 3.59. The number of halogens is 1. The fraction of sp³-hybridized carbons (Fsp3) is 0.615. The van der Waals surface area contributed by atoms with Crippen molar-refractivity contribution in [3.05, 3.63) is 22.4 Å². The van der Waals surface area contributed by atoms with Crippen LogP contribution < -0.4 is 5.32 Å². The molecular formula is C13H20BrN3O. The molecule has 1 aliphatic heterocycles. The molecule has 18 heavy (non-hydrogen) atoms. The van der Waals surface area contributed by atoms with E-state index in [0.29, 0.717) is 11.7 Å². The van der Waals surface area contributed by atoms with E-state index in [9.17, 15) is 4.79 Å². The molecule has 0 saturated carbocycles. The van der Waals surface area contributed by atoms with Crippen molar-refractivity contribution >= 4 is 21.8 Å². The lowest BCUT2D eigenvalue weighted by Crippen LogP contribution is -2.44. The highest BCUT2D eigenvalue weighted by molar-refractivity contribution is 9.10. The molecule has 0 unspecified atom stereocenters. The molecule has 4 nitrogen and oxygen atoms in total. The molecule has 0 spiro atoms. The minimum atomic E-state index is -0.00496. The Hall–Kier alpha value is -0.810. The Balaban J connectivity index is 1.79. The highest BCUT2D eigenvalue weighted by Crippen LogP contribution is 2.13. The van der Waals surface area contributed by atoms with Gasteiger partial charge in [0.05, 0.1) is 0 Å². The topological polar surface area (TPSA) is 48.1 Å². The zero-order valence-electron chi connectivity index (χ0n) is 10.7. The Bertz CT molecular complexity index is 397. The number of aromatic nitrogens is 1. The molecule has 5 heteroatoms. The summed E-state index contributed by atoms with van der Waals surface area (Å²) in [5.74, 6) is -0.00496. The molecule has 2 N–H and O–H groups in total. The molecular weight excluding hydrogens is 294 g/mol. The molecule has 100 valence electrons. The predicted octanol–water partition coefficient (Wildman–Crippen LogP) is 2.38. The van der Waals surface area contributed by atoms with Gasteiger partial charge in [0, 0.05) is 29.8 Å². The summed E-state index contributed by atoms with van der Waals surface area (Å²) in [6.07, 6.45) is 5.08. The van der Waals surface area contributed by atoms with Gasteiger partial charge in [0.2, 0.25) is 0 Å². The minimum absolute atomic E-state index is 0.00496. The summed E-state index contributed by atoms with van der Waals surface area (Å²) in [7, 11) is 0. The van der Waals surface area contributed by atoms with Crippen molar-refractivity contribution in [3.8, 4) is 0 Å². The molecule has 0 aliphatic carbocycles. The largest absolute Gasteiger partial charge is 0.356 e. The molecule has 1 amide bonds. The third-order valence-electron chi connectivity index (χ3n) is 3.36. The number of H-pyrrole nitrogens is 1. The normalized spacial score (nSPS) is 17.9. The standard InChI is InChI=1S/C13H20BrN3O/c1-2-5-17-6-3-11(4-7-17)16-13(18)12-8-10(14)9-15-12/h8-9,11,15H,2-7H2,1H3,(H,16,18). The van der Waals surface area contributed by atoms with E-state index in [4.69, 9.17) is 0 Å². The van der Waals surface area contributed by atoms with Gasteiger partial charge in [0.1, 0.15) is 5.69 Å². The van der Waals surface area contributed by atoms with Crippen molar-refractivity contribution < 1.29 is 4.79 Å². The molecule has 1 fully saturated rings. The summed E-state index contributed by atoms with van der Waals surface area (Å²) in [5, 5.41) is 3.09. The lowest BCUT2D eigenvalue weighted by atomic mass is 10.0. The van der Waals surface area contributed by atoms with E-state index in [1.165, 1.54) is 13.0 Å². The maximum atomic E-state index is 12.0. The molecule has 2 heterocycles. The number of piperidine rings is 1. The third-order valence-corrected chi connectivity index (χ3v) is 3.81. The van der Waals surface area contributed by atoms with Gasteiger partial charge in [-0.25, -0.2) is 0 Å². The van der Waals surface area contributed by atoms with Crippen molar-refractivity contribution in [3.63, 3.8) is 0 Å². The number of nitrogens with zero attached hydrogens (tertiary/aromatic N) is 1. The van der Waals surface area contributed by atoms with Crippen molar-refractivity contribution in [2.24, 2.45) is 0 Å². The van der Waals surface area contributed by atoms with E-state index < -0.39 is 0 Å². The van der Waals surface area contributed by atoms with Gasteiger partial charge < -0.3 is 15.2 Å². The average Bonchev–Trinajstić information content (AvgIpc) is 2.79. The monoisotopic (exact) mass is 313 g/mol. The first-order chi connectivity index (χ1) is 8.69. The van der Waals surface area contributed by atoms with Gasteiger partial charge in [-0.05, 0) is 47.8 Å². The number of aromatic amines is 1. The molecule has 0 radical (unpaired) electrons. The number of carbonyl (C=O) groups is 1. The summed E-state index contributed by atoms with van der Waals surface area (Å²) >= 11 is 3.33. The summed E-state index contributed by atoms with van der Waals surface area (Å²) in [5.41, 5.74) is 0.623. The number of rotatable bonds is 4. The second kappa shape index (κ2) is 6.38. The quantitative estimate of drug-likeness (QED) is 0.896. The predicted molar refractivity (Wildman–Crippen MR) is 75.7 cm³/mol. The maximum Gasteiger partial charge on any atom is 0.267 e. The van der Waals surface area contributed by atoms with Crippen LogP contribution in [0.4, 0.5) is 0 Å². The van der Waals surface area contributed by atoms with Crippen LogP contribution in [0.5, 0.6) is 0 Å². The van der Waals surface area contributed by atoms with E-state index in [1.807, 2.05) is 6.07 Å². The van der Waals surface area contributed by atoms with E-state index in [0.717, 1.165) is 30.4 Å². The van der Waals surface area contributed by atoms with E-state index in [1.54, 1.807) is 6.20 Å². The summed E-state index contributed by atoms with van der Waals surface area (Å²) in [4.78, 5) is 17.4. The second-order valence-corrected chi connectivity index (χ2v) is 5.74. The molecule has 0 aromatic carbocycles. The molecule has 1 aromatic rings. The second-order valence-electron chi connectivity index (χ2n) is 4.82. The Kier molecular flexibility index (Phi) is 4.83. The lowest BCUT2D eigenvalue weighted by Gasteiger charge is -2.31. The zero-order valence-corrected chi connectivity index (χ0v) is 12.3. The average molecular weight is 314 g/mol. The fourth-order valence-corrected chi connectivity index (χ4v) is 2.72. The van der Waals surface area contributed by atoms with Crippen molar-refractivity contribution in [2.75, 3.05) is 19.6 Å². The molecule has 0 bridgehead atoms. The van der Waals surface area contributed by atoms with Crippen molar-refractivity contribution in [2.45, 2.75) is 32.2 Å². The van der Waals surface area contributed by atoms with Gasteiger partial charge in [-0.3, -0.25) is 4.79 Å². The first-order valence-corrected chi connectivity index (χ1v) is 7.35. The van der Waals surface area contributed by atoms with Gasteiger partial charge in [-0.1, -0.05) is 6.92 Å². The highest BCUT2D eigenvalue weighted by atomic mass is 79.9. The maximum absolute atomic E-state index is 12.0. The smallest absolute Gasteiger partial charge is 0.267 e. The molecule has 1 aromatic heterocycles. The van der Waals surface area contributed by atoms with Crippen LogP contribution in [0.3, 0.4) is 0 Å². The number of hydrogen-bond donors (Lipinski definition) is 2. The number of hydrogen-bond acceptors (Lipinski definition) is 2. The van der Waals surface area contributed by atoms with Gasteiger partial charge in [-0.2, -0.15) is 0 Å². The van der Waals surface area contributed by atoms with Crippen LogP contribution in [0.1, 0.15) is 36.7 Å². The SMILES string of the molecule is CCCN1CCC(NC(=O)c2cc(Br)c[nH]2)CC1. The number of carbonyl (C=O) groups excluding carboxylic acids is 1. The van der Waals surface area contributed by atoms with Gasteiger partial charge in [0.25, 0.3) is 5.91 Å². The summed E-state index contributed by atoms with van der Waals surface area (Å²) in [6.45, 7) is 5.56. The zero-order chi connectivity index (χ0) is 13.0. The molecule has 2 rings (SSSR count). The van der Waals surface area contributed by atoms with Crippen LogP contribution in [0.2, 0.25) is 0 Å². The Morgan fingerprint density at radius 3 is 2.83 bits per heavy atom. The Morgan fingerprint density at radius 2 is 2.28 bits per heavy atom. The number of nitrogens with one attached hydrogen (secondary N) is 2. The van der Waals surface area contributed by atoms with Crippen LogP contribution in [0.15, 0.2) is 16.7 Å². The van der Waals surface area contributed by atoms with E-state index in [2.05, 4.69) is 38.1 Å².